The van der Waals surface area contributed by atoms with Gasteiger partial charge in [-0.15, -0.1) is 11.3 Å². The standard InChI is InChI=1S/C9H15NOS/c1-3-7(10)9(11)8-5-4-6(2)12-8/h4-5,7,9,11H,3,10H2,1-2H3. The van der Waals surface area contributed by atoms with Crippen molar-refractivity contribution in [3.63, 3.8) is 0 Å². The van der Waals surface area contributed by atoms with Crippen molar-refractivity contribution < 1.29 is 5.11 Å². The van der Waals surface area contributed by atoms with Gasteiger partial charge in [-0.1, -0.05) is 6.92 Å². The number of aryl methyl sites for hydroxylation is 1. The van der Waals surface area contributed by atoms with Crippen LogP contribution in [0.3, 0.4) is 0 Å². The van der Waals surface area contributed by atoms with E-state index in [0.717, 1.165) is 11.3 Å². The van der Waals surface area contributed by atoms with Gasteiger partial charge in [0, 0.05) is 15.8 Å². The van der Waals surface area contributed by atoms with Crippen LogP contribution >= 0.6 is 11.3 Å². The Morgan fingerprint density at radius 3 is 2.67 bits per heavy atom. The monoisotopic (exact) mass is 185 g/mol. The zero-order valence-corrected chi connectivity index (χ0v) is 8.27. The third kappa shape index (κ3) is 2.06. The average Bonchev–Trinajstić information content (AvgIpc) is 2.49. The molecule has 0 aliphatic heterocycles. The molecule has 3 N–H and O–H groups in total. The molecule has 0 amide bonds. The number of aliphatic hydroxyl groups excluding tert-OH is 1. The molecule has 2 nitrogen and oxygen atoms in total. The van der Waals surface area contributed by atoms with Gasteiger partial charge in [0.2, 0.25) is 0 Å². The summed E-state index contributed by atoms with van der Waals surface area (Å²) in [5.74, 6) is 0. The maximum absolute atomic E-state index is 9.69. The second-order valence-corrected chi connectivity index (χ2v) is 4.28. The smallest absolute Gasteiger partial charge is 0.103 e. The average molecular weight is 185 g/mol. The minimum Gasteiger partial charge on any atom is -0.386 e. The Morgan fingerprint density at radius 1 is 1.58 bits per heavy atom. The summed E-state index contributed by atoms with van der Waals surface area (Å²) in [5, 5.41) is 9.69. The van der Waals surface area contributed by atoms with Gasteiger partial charge in [-0.3, -0.25) is 0 Å². The molecule has 0 saturated heterocycles. The van der Waals surface area contributed by atoms with Crippen LogP contribution in [0.15, 0.2) is 12.1 Å². The van der Waals surface area contributed by atoms with Crippen molar-refractivity contribution >= 4 is 11.3 Å². The van der Waals surface area contributed by atoms with Crippen LogP contribution in [-0.4, -0.2) is 11.1 Å². The van der Waals surface area contributed by atoms with Crippen LogP contribution in [0.2, 0.25) is 0 Å². The summed E-state index contributed by atoms with van der Waals surface area (Å²) in [6.07, 6.45) is 0.312. The van der Waals surface area contributed by atoms with Crippen LogP contribution in [0.1, 0.15) is 29.2 Å². The Balaban J connectivity index is 2.70. The van der Waals surface area contributed by atoms with Crippen LogP contribution in [0.5, 0.6) is 0 Å². The van der Waals surface area contributed by atoms with E-state index >= 15 is 0 Å². The first-order valence-electron chi connectivity index (χ1n) is 4.15. The molecule has 12 heavy (non-hydrogen) atoms. The minimum atomic E-state index is -0.492. The van der Waals surface area contributed by atoms with E-state index in [4.69, 9.17) is 5.73 Å². The van der Waals surface area contributed by atoms with Gasteiger partial charge in [0.05, 0.1) is 0 Å². The number of rotatable bonds is 3. The Morgan fingerprint density at radius 2 is 2.25 bits per heavy atom. The zero-order chi connectivity index (χ0) is 9.14. The van der Waals surface area contributed by atoms with E-state index in [9.17, 15) is 5.11 Å². The molecule has 0 fully saturated rings. The van der Waals surface area contributed by atoms with Crippen LogP contribution < -0.4 is 5.73 Å². The molecule has 0 aliphatic rings. The molecule has 2 atom stereocenters. The molecule has 0 aromatic carbocycles. The van der Waals surface area contributed by atoms with Crippen LogP contribution in [0.4, 0.5) is 0 Å². The summed E-state index contributed by atoms with van der Waals surface area (Å²) < 4.78 is 0. The van der Waals surface area contributed by atoms with Gasteiger partial charge in [0.25, 0.3) is 0 Å². The van der Waals surface area contributed by atoms with Gasteiger partial charge >= 0.3 is 0 Å². The Hall–Kier alpha value is -0.380. The first kappa shape index (κ1) is 9.71. The fourth-order valence-corrected chi connectivity index (χ4v) is 1.99. The number of hydrogen-bond donors (Lipinski definition) is 2. The molecule has 1 aromatic rings. The number of nitrogens with two attached hydrogens (primary N) is 1. The predicted octanol–water partition coefficient (Wildman–Crippen LogP) is 1.83. The van der Waals surface area contributed by atoms with Crippen LogP contribution in [0.25, 0.3) is 0 Å². The van der Waals surface area contributed by atoms with E-state index < -0.39 is 6.10 Å². The molecule has 0 aliphatic carbocycles. The molecule has 2 unspecified atom stereocenters. The van der Waals surface area contributed by atoms with Gasteiger partial charge in [0.1, 0.15) is 6.10 Å². The Bertz CT molecular complexity index is 246. The summed E-state index contributed by atoms with van der Waals surface area (Å²) >= 11 is 1.61. The zero-order valence-electron chi connectivity index (χ0n) is 7.45. The van der Waals surface area contributed by atoms with Crippen molar-refractivity contribution in [1.29, 1.82) is 0 Å². The lowest BCUT2D eigenvalue weighted by molar-refractivity contribution is 0.148. The van der Waals surface area contributed by atoms with Crippen molar-refractivity contribution in [2.24, 2.45) is 5.73 Å². The van der Waals surface area contributed by atoms with E-state index in [1.165, 1.54) is 4.88 Å². The molecular formula is C9H15NOS. The molecule has 0 spiro atoms. The first-order valence-corrected chi connectivity index (χ1v) is 4.96. The number of hydrogen-bond acceptors (Lipinski definition) is 3. The summed E-state index contributed by atoms with van der Waals surface area (Å²) in [6, 6.07) is 3.81. The Labute approximate surface area is 77.0 Å². The van der Waals surface area contributed by atoms with Gasteiger partial charge in [-0.2, -0.15) is 0 Å². The predicted molar refractivity (Wildman–Crippen MR) is 52.3 cm³/mol. The molecule has 0 bridgehead atoms. The molecule has 0 radical (unpaired) electrons. The fourth-order valence-electron chi connectivity index (χ4n) is 1.05. The largest absolute Gasteiger partial charge is 0.386 e. The Kier molecular flexibility index (Phi) is 3.26. The molecule has 1 rings (SSSR count). The third-order valence-electron chi connectivity index (χ3n) is 1.93. The molecule has 68 valence electrons. The van der Waals surface area contributed by atoms with E-state index in [0.29, 0.717) is 0 Å². The lowest BCUT2D eigenvalue weighted by Gasteiger charge is -2.14. The van der Waals surface area contributed by atoms with Gasteiger partial charge in [0.15, 0.2) is 0 Å². The molecule has 1 heterocycles. The van der Waals surface area contributed by atoms with Crippen molar-refractivity contribution in [2.45, 2.75) is 32.4 Å². The van der Waals surface area contributed by atoms with Gasteiger partial charge in [-0.25, -0.2) is 0 Å². The van der Waals surface area contributed by atoms with E-state index in [2.05, 4.69) is 0 Å². The third-order valence-corrected chi connectivity index (χ3v) is 3.00. The maximum Gasteiger partial charge on any atom is 0.103 e. The van der Waals surface area contributed by atoms with Crippen molar-refractivity contribution in [2.75, 3.05) is 0 Å². The summed E-state index contributed by atoms with van der Waals surface area (Å²) in [7, 11) is 0. The summed E-state index contributed by atoms with van der Waals surface area (Å²) in [5.41, 5.74) is 5.71. The lowest BCUT2D eigenvalue weighted by Crippen LogP contribution is -2.26. The number of aliphatic hydroxyl groups is 1. The fraction of sp³-hybridized carbons (Fsp3) is 0.556. The topological polar surface area (TPSA) is 46.2 Å². The highest BCUT2D eigenvalue weighted by molar-refractivity contribution is 7.12. The summed E-state index contributed by atoms with van der Waals surface area (Å²) in [6.45, 7) is 4.01. The first-order chi connectivity index (χ1) is 5.65. The SMILES string of the molecule is CCC(N)C(O)c1ccc(C)s1. The van der Waals surface area contributed by atoms with Crippen molar-refractivity contribution in [3.05, 3.63) is 21.9 Å². The second kappa shape index (κ2) is 4.03. The quantitative estimate of drug-likeness (QED) is 0.754. The maximum atomic E-state index is 9.69. The lowest BCUT2D eigenvalue weighted by atomic mass is 10.1. The second-order valence-electron chi connectivity index (χ2n) is 2.97. The van der Waals surface area contributed by atoms with Crippen molar-refractivity contribution in [3.8, 4) is 0 Å². The van der Waals surface area contributed by atoms with Crippen LogP contribution in [0, 0.1) is 6.92 Å². The van der Waals surface area contributed by atoms with Gasteiger partial charge in [-0.05, 0) is 25.5 Å². The van der Waals surface area contributed by atoms with Crippen LogP contribution in [-0.2, 0) is 0 Å². The molecule has 3 heteroatoms. The highest BCUT2D eigenvalue weighted by Gasteiger charge is 2.15. The normalized spacial score (nSPS) is 16.0. The highest BCUT2D eigenvalue weighted by atomic mass is 32.1. The molecule has 0 saturated carbocycles. The van der Waals surface area contributed by atoms with E-state index in [1.807, 2.05) is 26.0 Å². The highest BCUT2D eigenvalue weighted by Crippen LogP contribution is 2.25. The molecular weight excluding hydrogens is 170 g/mol. The number of thiophene rings is 1. The van der Waals surface area contributed by atoms with E-state index in [-0.39, 0.29) is 6.04 Å². The van der Waals surface area contributed by atoms with Crippen molar-refractivity contribution in [1.82, 2.24) is 0 Å². The minimum absolute atomic E-state index is 0.136. The van der Waals surface area contributed by atoms with Gasteiger partial charge < -0.3 is 10.8 Å². The van der Waals surface area contributed by atoms with E-state index in [1.54, 1.807) is 11.3 Å². The molecule has 1 aromatic heterocycles. The summed E-state index contributed by atoms with van der Waals surface area (Å²) in [4.78, 5) is 2.19.